The van der Waals surface area contributed by atoms with Gasteiger partial charge in [-0.15, -0.1) is 12.4 Å². The fourth-order valence-electron chi connectivity index (χ4n) is 2.90. The third-order valence-corrected chi connectivity index (χ3v) is 6.10. The van der Waals surface area contributed by atoms with Gasteiger partial charge in [-0.05, 0) is 37.8 Å². The maximum Gasteiger partial charge on any atom is 0.245 e. The Morgan fingerprint density at radius 1 is 1.50 bits per heavy atom. The fraction of sp³-hybridized carbons (Fsp3) is 0.500. The van der Waals surface area contributed by atoms with Crippen LogP contribution in [-0.2, 0) is 10.0 Å². The highest BCUT2D eigenvalue weighted by molar-refractivity contribution is 7.89. The highest BCUT2D eigenvalue weighted by Crippen LogP contribution is 2.28. The van der Waals surface area contributed by atoms with Crippen LogP contribution in [0.3, 0.4) is 0 Å². The number of aromatic amines is 1. The molecule has 2 aromatic heterocycles. The largest absolute Gasteiger partial charge is 0.345 e. The Labute approximate surface area is 136 Å². The second-order valence-corrected chi connectivity index (χ2v) is 7.58. The van der Waals surface area contributed by atoms with Crippen molar-refractivity contribution in [2.24, 2.45) is 11.7 Å². The van der Waals surface area contributed by atoms with E-state index in [4.69, 9.17) is 5.73 Å². The zero-order chi connectivity index (χ0) is 15.0. The van der Waals surface area contributed by atoms with Crippen LogP contribution in [0, 0.1) is 5.92 Å². The molecule has 2 atom stereocenters. The SMILES string of the molecule is CC(N)C1CCCN(S(=O)(=O)c2c[nH]c3ncccc23)C1.Cl. The van der Waals surface area contributed by atoms with Crippen LogP contribution < -0.4 is 5.73 Å². The highest BCUT2D eigenvalue weighted by atomic mass is 35.5. The summed E-state index contributed by atoms with van der Waals surface area (Å²) in [5, 5.41) is 0.639. The Kier molecular flexibility index (Phi) is 5.11. The Bertz CT molecular complexity index is 744. The lowest BCUT2D eigenvalue weighted by atomic mass is 9.93. The van der Waals surface area contributed by atoms with Crippen molar-refractivity contribution in [2.45, 2.75) is 30.7 Å². The quantitative estimate of drug-likeness (QED) is 0.887. The van der Waals surface area contributed by atoms with Gasteiger partial charge in [-0.2, -0.15) is 4.31 Å². The van der Waals surface area contributed by atoms with E-state index in [0.717, 1.165) is 12.8 Å². The number of fused-ring (bicyclic) bond motifs is 1. The lowest BCUT2D eigenvalue weighted by molar-refractivity contribution is 0.243. The molecule has 1 fully saturated rings. The van der Waals surface area contributed by atoms with Gasteiger partial charge in [-0.1, -0.05) is 0 Å². The first kappa shape index (κ1) is 17.2. The molecule has 0 aliphatic carbocycles. The molecule has 6 nitrogen and oxygen atoms in total. The van der Waals surface area contributed by atoms with Crippen molar-refractivity contribution in [3.05, 3.63) is 24.5 Å². The van der Waals surface area contributed by atoms with Gasteiger partial charge in [-0.25, -0.2) is 13.4 Å². The van der Waals surface area contributed by atoms with Crippen LogP contribution in [0.4, 0.5) is 0 Å². The molecule has 8 heteroatoms. The first-order valence-electron chi connectivity index (χ1n) is 7.18. The van der Waals surface area contributed by atoms with Crippen molar-refractivity contribution < 1.29 is 8.42 Å². The number of nitrogens with one attached hydrogen (secondary N) is 1. The number of H-pyrrole nitrogens is 1. The van der Waals surface area contributed by atoms with E-state index in [1.807, 2.05) is 6.92 Å². The number of nitrogens with zero attached hydrogens (tertiary/aromatic N) is 2. The number of aromatic nitrogens is 2. The standard InChI is InChI=1S/C14H20N4O2S.ClH/c1-10(15)11-4-3-7-18(9-11)21(19,20)13-8-17-14-12(13)5-2-6-16-14;/h2,5-6,8,10-11H,3-4,7,9,15H2,1H3,(H,16,17);1H. The van der Waals surface area contributed by atoms with Crippen molar-refractivity contribution in [3.8, 4) is 0 Å². The normalized spacial score (nSPS) is 21.5. The van der Waals surface area contributed by atoms with Crippen LogP contribution in [0.2, 0.25) is 0 Å². The molecule has 2 aromatic rings. The minimum atomic E-state index is -3.51. The van der Waals surface area contributed by atoms with Gasteiger partial charge >= 0.3 is 0 Å². The molecule has 0 aromatic carbocycles. The predicted octanol–water partition coefficient (Wildman–Crippen LogP) is 1.73. The first-order chi connectivity index (χ1) is 10.00. The summed E-state index contributed by atoms with van der Waals surface area (Å²) in [6.07, 6.45) is 5.01. The van der Waals surface area contributed by atoms with Gasteiger partial charge in [0.2, 0.25) is 10.0 Å². The minimum Gasteiger partial charge on any atom is -0.345 e. The number of sulfonamides is 1. The zero-order valence-electron chi connectivity index (χ0n) is 12.4. The number of halogens is 1. The van der Waals surface area contributed by atoms with E-state index in [-0.39, 0.29) is 24.4 Å². The number of hydrogen-bond donors (Lipinski definition) is 2. The summed E-state index contributed by atoms with van der Waals surface area (Å²) in [6.45, 7) is 2.99. The monoisotopic (exact) mass is 344 g/mol. The van der Waals surface area contributed by atoms with Gasteiger partial charge in [0, 0.05) is 36.9 Å². The van der Waals surface area contributed by atoms with Crippen molar-refractivity contribution >= 4 is 33.5 Å². The zero-order valence-corrected chi connectivity index (χ0v) is 14.0. The van der Waals surface area contributed by atoms with E-state index in [1.54, 1.807) is 22.6 Å². The molecule has 2 unspecified atom stereocenters. The molecule has 0 spiro atoms. The van der Waals surface area contributed by atoms with Gasteiger partial charge in [-0.3, -0.25) is 0 Å². The number of pyridine rings is 1. The molecular weight excluding hydrogens is 324 g/mol. The van der Waals surface area contributed by atoms with Crippen molar-refractivity contribution in [1.29, 1.82) is 0 Å². The van der Waals surface area contributed by atoms with Crippen LogP contribution in [0.15, 0.2) is 29.4 Å². The first-order valence-corrected chi connectivity index (χ1v) is 8.62. The van der Waals surface area contributed by atoms with Crippen LogP contribution >= 0.6 is 12.4 Å². The predicted molar refractivity (Wildman–Crippen MR) is 88.5 cm³/mol. The Balaban J connectivity index is 0.00000176. The Hall–Kier alpha value is -1.15. The summed E-state index contributed by atoms with van der Waals surface area (Å²) in [6, 6.07) is 3.53. The van der Waals surface area contributed by atoms with Crippen molar-refractivity contribution in [2.75, 3.05) is 13.1 Å². The molecule has 122 valence electrons. The van der Waals surface area contributed by atoms with Gasteiger partial charge in [0.25, 0.3) is 0 Å². The van der Waals surface area contributed by atoms with E-state index >= 15 is 0 Å². The molecule has 22 heavy (non-hydrogen) atoms. The van der Waals surface area contributed by atoms with E-state index in [1.165, 1.54) is 6.20 Å². The summed E-state index contributed by atoms with van der Waals surface area (Å²) >= 11 is 0. The van der Waals surface area contributed by atoms with Crippen LogP contribution in [0.5, 0.6) is 0 Å². The Morgan fingerprint density at radius 2 is 2.27 bits per heavy atom. The van der Waals surface area contributed by atoms with Crippen LogP contribution in [0.25, 0.3) is 11.0 Å². The number of piperidine rings is 1. The van der Waals surface area contributed by atoms with Crippen molar-refractivity contribution in [1.82, 2.24) is 14.3 Å². The van der Waals surface area contributed by atoms with Gasteiger partial charge in [0.1, 0.15) is 10.5 Å². The summed E-state index contributed by atoms with van der Waals surface area (Å²) < 4.78 is 27.3. The molecule has 0 bridgehead atoms. The molecular formula is C14H21ClN4O2S. The smallest absolute Gasteiger partial charge is 0.245 e. The second-order valence-electron chi connectivity index (χ2n) is 5.68. The molecule has 0 radical (unpaired) electrons. The lowest BCUT2D eigenvalue weighted by Crippen LogP contribution is -2.44. The fourth-order valence-corrected chi connectivity index (χ4v) is 4.59. The molecule has 0 amide bonds. The second kappa shape index (κ2) is 6.54. The van der Waals surface area contributed by atoms with E-state index < -0.39 is 10.0 Å². The van der Waals surface area contributed by atoms with Crippen LogP contribution in [0.1, 0.15) is 19.8 Å². The molecule has 3 N–H and O–H groups in total. The number of hydrogen-bond acceptors (Lipinski definition) is 4. The highest BCUT2D eigenvalue weighted by Gasteiger charge is 2.33. The summed E-state index contributed by atoms with van der Waals surface area (Å²) in [5.74, 6) is 0.219. The van der Waals surface area contributed by atoms with Crippen LogP contribution in [-0.4, -0.2) is 41.8 Å². The topological polar surface area (TPSA) is 92.1 Å². The molecule has 1 aliphatic rings. The van der Waals surface area contributed by atoms with E-state index in [2.05, 4.69) is 9.97 Å². The van der Waals surface area contributed by atoms with E-state index in [0.29, 0.717) is 29.0 Å². The average molecular weight is 345 g/mol. The number of nitrogens with two attached hydrogens (primary N) is 1. The number of rotatable bonds is 3. The third-order valence-electron chi connectivity index (χ3n) is 4.20. The van der Waals surface area contributed by atoms with Gasteiger partial charge in [0.15, 0.2) is 0 Å². The maximum absolute atomic E-state index is 12.9. The molecule has 1 saturated heterocycles. The van der Waals surface area contributed by atoms with Crippen molar-refractivity contribution in [3.63, 3.8) is 0 Å². The average Bonchev–Trinajstić information content (AvgIpc) is 2.92. The molecule has 0 saturated carbocycles. The van der Waals surface area contributed by atoms with Gasteiger partial charge in [0.05, 0.1) is 0 Å². The maximum atomic E-state index is 12.9. The molecule has 3 rings (SSSR count). The lowest BCUT2D eigenvalue weighted by Gasteiger charge is -2.33. The van der Waals surface area contributed by atoms with E-state index in [9.17, 15) is 8.42 Å². The summed E-state index contributed by atoms with van der Waals surface area (Å²) in [5.41, 5.74) is 6.54. The minimum absolute atomic E-state index is 0. The third kappa shape index (κ3) is 2.99. The Morgan fingerprint density at radius 3 is 3.00 bits per heavy atom. The van der Waals surface area contributed by atoms with Gasteiger partial charge < -0.3 is 10.7 Å². The summed E-state index contributed by atoms with van der Waals surface area (Å²) in [7, 11) is -3.51. The molecule has 1 aliphatic heterocycles. The summed E-state index contributed by atoms with van der Waals surface area (Å²) in [4.78, 5) is 7.37. The molecule has 3 heterocycles.